The van der Waals surface area contributed by atoms with E-state index in [2.05, 4.69) is 4.98 Å². The first-order valence-corrected chi connectivity index (χ1v) is 3.35. The second-order valence-corrected chi connectivity index (χ2v) is 2.28. The summed E-state index contributed by atoms with van der Waals surface area (Å²) >= 11 is 0. The van der Waals surface area contributed by atoms with E-state index in [1.165, 1.54) is 6.07 Å². The van der Waals surface area contributed by atoms with Gasteiger partial charge in [0, 0.05) is 17.5 Å². The molecule has 1 aromatic rings. The van der Waals surface area contributed by atoms with Gasteiger partial charge in [-0.2, -0.15) is 0 Å². The zero-order chi connectivity index (χ0) is 7.56. The van der Waals surface area contributed by atoms with Crippen LogP contribution in [0, 0.1) is 12.7 Å². The highest BCUT2D eigenvalue weighted by Crippen LogP contribution is 2.05. The molecule has 1 heterocycles. The Kier molecular flexibility index (Phi) is 2.00. The SMILES string of the molecule is CCc1cc(F)c(C)cn1. The lowest BCUT2D eigenvalue weighted by Crippen LogP contribution is -1.90. The molecular weight excluding hydrogens is 129 g/mol. The minimum absolute atomic E-state index is 0.160. The monoisotopic (exact) mass is 139 g/mol. The highest BCUT2D eigenvalue weighted by atomic mass is 19.1. The summed E-state index contributed by atoms with van der Waals surface area (Å²) in [5, 5.41) is 0. The lowest BCUT2D eigenvalue weighted by atomic mass is 10.2. The summed E-state index contributed by atoms with van der Waals surface area (Å²) in [6, 6.07) is 1.48. The third-order valence-electron chi connectivity index (χ3n) is 1.46. The van der Waals surface area contributed by atoms with E-state index in [9.17, 15) is 4.39 Å². The Morgan fingerprint density at radius 2 is 2.30 bits per heavy atom. The van der Waals surface area contributed by atoms with Crippen LogP contribution in [-0.2, 0) is 6.42 Å². The molecule has 0 amide bonds. The van der Waals surface area contributed by atoms with Gasteiger partial charge in [0.05, 0.1) is 0 Å². The van der Waals surface area contributed by atoms with E-state index in [0.717, 1.165) is 12.1 Å². The van der Waals surface area contributed by atoms with Gasteiger partial charge in [0.25, 0.3) is 0 Å². The predicted octanol–water partition coefficient (Wildman–Crippen LogP) is 2.09. The number of hydrogen-bond donors (Lipinski definition) is 0. The molecule has 0 aliphatic carbocycles. The highest BCUT2D eigenvalue weighted by molar-refractivity contribution is 5.14. The summed E-state index contributed by atoms with van der Waals surface area (Å²) in [6.45, 7) is 3.67. The van der Waals surface area contributed by atoms with Crippen molar-refractivity contribution in [2.75, 3.05) is 0 Å². The molecule has 0 saturated carbocycles. The van der Waals surface area contributed by atoms with Crippen LogP contribution >= 0.6 is 0 Å². The molecule has 54 valence electrons. The molecule has 0 aliphatic rings. The molecule has 0 unspecified atom stereocenters. The zero-order valence-corrected chi connectivity index (χ0v) is 6.19. The minimum atomic E-state index is -0.160. The van der Waals surface area contributed by atoms with Crippen molar-refractivity contribution in [3.05, 3.63) is 29.3 Å². The molecule has 1 rings (SSSR count). The van der Waals surface area contributed by atoms with Crippen molar-refractivity contribution in [2.45, 2.75) is 20.3 Å². The van der Waals surface area contributed by atoms with Gasteiger partial charge in [-0.25, -0.2) is 4.39 Å². The normalized spacial score (nSPS) is 9.90. The number of hydrogen-bond acceptors (Lipinski definition) is 1. The Labute approximate surface area is 59.9 Å². The van der Waals surface area contributed by atoms with E-state index in [1.54, 1.807) is 13.1 Å². The fraction of sp³-hybridized carbons (Fsp3) is 0.375. The van der Waals surface area contributed by atoms with Crippen molar-refractivity contribution in [3.8, 4) is 0 Å². The summed E-state index contributed by atoms with van der Waals surface area (Å²) in [6.07, 6.45) is 2.35. The molecule has 1 nitrogen and oxygen atoms in total. The largest absolute Gasteiger partial charge is 0.261 e. The number of aryl methyl sites for hydroxylation is 2. The molecule has 0 fully saturated rings. The van der Waals surface area contributed by atoms with Gasteiger partial charge in [-0.1, -0.05) is 6.92 Å². The van der Waals surface area contributed by atoms with Gasteiger partial charge in [0.15, 0.2) is 0 Å². The van der Waals surface area contributed by atoms with Crippen molar-refractivity contribution < 1.29 is 4.39 Å². The minimum Gasteiger partial charge on any atom is -0.261 e. The van der Waals surface area contributed by atoms with Crippen LogP contribution in [-0.4, -0.2) is 4.98 Å². The first-order chi connectivity index (χ1) is 4.74. The molecule has 0 aromatic carbocycles. The number of pyridine rings is 1. The van der Waals surface area contributed by atoms with E-state index in [1.807, 2.05) is 6.92 Å². The second kappa shape index (κ2) is 2.78. The fourth-order valence-corrected chi connectivity index (χ4v) is 0.732. The number of aromatic nitrogens is 1. The molecule has 0 saturated heterocycles. The third kappa shape index (κ3) is 1.32. The summed E-state index contributed by atoms with van der Waals surface area (Å²) < 4.78 is 12.7. The maximum absolute atomic E-state index is 12.7. The smallest absolute Gasteiger partial charge is 0.129 e. The van der Waals surface area contributed by atoms with Crippen LogP contribution in [0.2, 0.25) is 0 Å². The fourth-order valence-electron chi connectivity index (χ4n) is 0.732. The molecule has 1 aromatic heterocycles. The summed E-state index contributed by atoms with van der Waals surface area (Å²) in [4.78, 5) is 4.02. The second-order valence-electron chi connectivity index (χ2n) is 2.28. The lowest BCUT2D eigenvalue weighted by molar-refractivity contribution is 0.612. The van der Waals surface area contributed by atoms with Crippen LogP contribution in [0.4, 0.5) is 4.39 Å². The van der Waals surface area contributed by atoms with E-state index in [4.69, 9.17) is 0 Å². The average molecular weight is 139 g/mol. The Balaban J connectivity index is 3.04. The van der Waals surface area contributed by atoms with Crippen LogP contribution in [0.15, 0.2) is 12.3 Å². The van der Waals surface area contributed by atoms with E-state index in [0.29, 0.717) is 5.56 Å². The maximum atomic E-state index is 12.7. The third-order valence-corrected chi connectivity index (χ3v) is 1.46. The van der Waals surface area contributed by atoms with Crippen molar-refractivity contribution in [1.29, 1.82) is 0 Å². The molecule has 0 atom stereocenters. The quantitative estimate of drug-likeness (QED) is 0.580. The van der Waals surface area contributed by atoms with Crippen molar-refractivity contribution >= 4 is 0 Å². The van der Waals surface area contributed by atoms with E-state index in [-0.39, 0.29) is 5.82 Å². The Morgan fingerprint density at radius 1 is 1.60 bits per heavy atom. The number of halogens is 1. The average Bonchev–Trinajstić information content (AvgIpc) is 1.95. The summed E-state index contributed by atoms with van der Waals surface area (Å²) in [7, 11) is 0. The lowest BCUT2D eigenvalue weighted by Gasteiger charge is -1.97. The molecule has 2 heteroatoms. The molecule has 10 heavy (non-hydrogen) atoms. The van der Waals surface area contributed by atoms with Gasteiger partial charge >= 0.3 is 0 Å². The highest BCUT2D eigenvalue weighted by Gasteiger charge is 1.97. The van der Waals surface area contributed by atoms with Gasteiger partial charge in [-0.15, -0.1) is 0 Å². The van der Waals surface area contributed by atoms with Crippen LogP contribution < -0.4 is 0 Å². The van der Waals surface area contributed by atoms with Crippen molar-refractivity contribution in [1.82, 2.24) is 4.98 Å². The Hall–Kier alpha value is -0.920. The Morgan fingerprint density at radius 3 is 2.80 bits per heavy atom. The van der Waals surface area contributed by atoms with Gasteiger partial charge in [-0.05, 0) is 19.4 Å². The first-order valence-electron chi connectivity index (χ1n) is 3.35. The molecule has 0 spiro atoms. The summed E-state index contributed by atoms with van der Waals surface area (Å²) in [5.74, 6) is -0.160. The van der Waals surface area contributed by atoms with Crippen molar-refractivity contribution in [2.24, 2.45) is 0 Å². The molecule has 0 N–H and O–H groups in total. The first kappa shape index (κ1) is 7.19. The van der Waals surface area contributed by atoms with Crippen LogP contribution in [0.3, 0.4) is 0 Å². The van der Waals surface area contributed by atoms with Gasteiger partial charge in [0.1, 0.15) is 5.82 Å². The van der Waals surface area contributed by atoms with Crippen LogP contribution in [0.25, 0.3) is 0 Å². The van der Waals surface area contributed by atoms with E-state index >= 15 is 0 Å². The number of rotatable bonds is 1. The maximum Gasteiger partial charge on any atom is 0.129 e. The standard InChI is InChI=1S/C8H10FN/c1-3-7-4-8(9)6(2)5-10-7/h4-5H,3H2,1-2H3. The van der Waals surface area contributed by atoms with Gasteiger partial charge in [-0.3, -0.25) is 4.98 Å². The molecule has 0 aliphatic heterocycles. The summed E-state index contributed by atoms with van der Waals surface area (Å²) in [5.41, 5.74) is 1.42. The molecule has 0 bridgehead atoms. The predicted molar refractivity (Wildman–Crippen MR) is 38.3 cm³/mol. The van der Waals surface area contributed by atoms with Crippen molar-refractivity contribution in [3.63, 3.8) is 0 Å². The van der Waals surface area contributed by atoms with E-state index < -0.39 is 0 Å². The molecular formula is C8H10FN. The zero-order valence-electron chi connectivity index (χ0n) is 6.19. The molecule has 0 radical (unpaired) electrons. The van der Waals surface area contributed by atoms with Crippen LogP contribution in [0.1, 0.15) is 18.2 Å². The van der Waals surface area contributed by atoms with Gasteiger partial charge < -0.3 is 0 Å². The number of nitrogens with zero attached hydrogens (tertiary/aromatic N) is 1. The Bertz CT molecular complexity index is 233. The van der Waals surface area contributed by atoms with Gasteiger partial charge in [0.2, 0.25) is 0 Å². The van der Waals surface area contributed by atoms with Crippen LogP contribution in [0.5, 0.6) is 0 Å². The topological polar surface area (TPSA) is 12.9 Å².